The summed E-state index contributed by atoms with van der Waals surface area (Å²) in [4.78, 5) is 0. The zero-order chi connectivity index (χ0) is 24.3. The third-order valence-electron chi connectivity index (χ3n) is 8.67. The van der Waals surface area contributed by atoms with Gasteiger partial charge in [0.25, 0.3) is 0 Å². The van der Waals surface area contributed by atoms with Crippen LogP contribution in [-0.4, -0.2) is 18.3 Å². The Bertz CT molecular complexity index is 926. The summed E-state index contributed by atoms with van der Waals surface area (Å²) in [5.74, 6) is 2.16. The molecule has 0 saturated carbocycles. The molecule has 1 saturated heterocycles. The van der Waals surface area contributed by atoms with Crippen molar-refractivity contribution in [2.24, 2.45) is 17.8 Å². The van der Waals surface area contributed by atoms with Crippen molar-refractivity contribution in [3.63, 3.8) is 0 Å². The highest BCUT2D eigenvalue weighted by molar-refractivity contribution is 6.47. The van der Waals surface area contributed by atoms with Gasteiger partial charge in [-0.1, -0.05) is 72.9 Å². The summed E-state index contributed by atoms with van der Waals surface area (Å²) in [6.45, 7) is 15.0. The molecule has 0 radical (unpaired) electrons. The topological polar surface area (TPSA) is 18.5 Å². The lowest BCUT2D eigenvalue weighted by Gasteiger charge is -2.37. The summed E-state index contributed by atoms with van der Waals surface area (Å²) in [6.07, 6.45) is 29.3. The van der Waals surface area contributed by atoms with E-state index in [-0.39, 0.29) is 18.3 Å². The third kappa shape index (κ3) is 5.52. The molecule has 0 aromatic heterocycles. The molecular weight excluding hydrogens is 415 g/mol. The first kappa shape index (κ1) is 25.3. The minimum atomic E-state index is -0.273. The van der Waals surface area contributed by atoms with Gasteiger partial charge >= 0.3 is 7.12 Å². The van der Waals surface area contributed by atoms with E-state index in [1.165, 1.54) is 12.0 Å². The molecule has 1 unspecified atom stereocenters. The van der Waals surface area contributed by atoms with Crippen molar-refractivity contribution >= 4 is 7.12 Å². The Morgan fingerprint density at radius 3 is 2.44 bits per heavy atom. The van der Waals surface area contributed by atoms with Gasteiger partial charge in [-0.25, -0.2) is 0 Å². The second-order valence-corrected chi connectivity index (χ2v) is 11.6. The van der Waals surface area contributed by atoms with Crippen molar-refractivity contribution in [2.75, 3.05) is 0 Å². The highest BCUT2D eigenvalue weighted by Gasteiger charge is 2.54. The van der Waals surface area contributed by atoms with E-state index >= 15 is 0 Å². The van der Waals surface area contributed by atoms with Crippen LogP contribution in [0.5, 0.6) is 0 Å². The summed E-state index contributed by atoms with van der Waals surface area (Å²) in [5.41, 5.74) is 3.65. The molecule has 0 aromatic carbocycles. The average Bonchev–Trinajstić information content (AvgIpc) is 3.06. The Morgan fingerprint density at radius 1 is 1.06 bits per heavy atom. The predicted molar refractivity (Wildman–Crippen MR) is 146 cm³/mol. The molecular formula is C31H43BO2. The van der Waals surface area contributed by atoms with E-state index in [0.29, 0.717) is 23.6 Å². The van der Waals surface area contributed by atoms with E-state index in [1.807, 2.05) is 6.92 Å². The minimum Gasteiger partial charge on any atom is -0.403 e. The van der Waals surface area contributed by atoms with Gasteiger partial charge in [-0.3, -0.25) is 0 Å². The van der Waals surface area contributed by atoms with Crippen LogP contribution in [0, 0.1) is 17.8 Å². The van der Waals surface area contributed by atoms with Crippen molar-refractivity contribution in [3.05, 3.63) is 84.1 Å². The number of allylic oxidation sites excluding steroid dienone is 13. The molecule has 0 bridgehead atoms. The molecule has 3 heteroatoms. The quantitative estimate of drug-likeness (QED) is 0.226. The Balaban J connectivity index is 1.51. The maximum absolute atomic E-state index is 6.55. The third-order valence-corrected chi connectivity index (χ3v) is 8.67. The van der Waals surface area contributed by atoms with E-state index in [9.17, 15) is 0 Å². The van der Waals surface area contributed by atoms with Gasteiger partial charge in [0.05, 0.1) is 11.2 Å². The maximum Gasteiger partial charge on any atom is 0.461 e. The zero-order valence-electron chi connectivity index (χ0n) is 21.9. The van der Waals surface area contributed by atoms with Gasteiger partial charge in [-0.05, 0) is 108 Å². The van der Waals surface area contributed by atoms with Gasteiger partial charge in [0.15, 0.2) is 0 Å². The molecule has 1 fully saturated rings. The van der Waals surface area contributed by atoms with Crippen molar-refractivity contribution in [1.82, 2.24) is 0 Å². The van der Waals surface area contributed by atoms with Crippen molar-refractivity contribution in [2.45, 2.75) is 90.2 Å². The van der Waals surface area contributed by atoms with Gasteiger partial charge < -0.3 is 9.31 Å². The van der Waals surface area contributed by atoms with Gasteiger partial charge in [0.2, 0.25) is 0 Å². The normalized spacial score (nSPS) is 32.9. The SMILES string of the molecule is C=C(/C=C\C=C/C)C1=CC[C@@H](C2=C[C@@H](C3C=CC=CC3)C[C@@H](B3OC(C)(C)C(C)(C)O3)C2)CC1. The van der Waals surface area contributed by atoms with Crippen LogP contribution in [0.25, 0.3) is 0 Å². The molecule has 34 heavy (non-hydrogen) atoms. The Morgan fingerprint density at radius 2 is 1.82 bits per heavy atom. The molecule has 1 aliphatic heterocycles. The summed E-state index contributed by atoms with van der Waals surface area (Å²) in [6, 6.07) is 0. The molecule has 2 nitrogen and oxygen atoms in total. The Labute approximate surface area is 208 Å². The van der Waals surface area contributed by atoms with Gasteiger partial charge in [0.1, 0.15) is 0 Å². The molecule has 4 aliphatic rings. The average molecular weight is 458 g/mol. The molecule has 0 spiro atoms. The number of rotatable bonds is 6. The van der Waals surface area contributed by atoms with Crippen LogP contribution in [-0.2, 0) is 9.31 Å². The van der Waals surface area contributed by atoms with Gasteiger partial charge in [-0.15, -0.1) is 0 Å². The zero-order valence-corrected chi connectivity index (χ0v) is 21.9. The van der Waals surface area contributed by atoms with E-state index < -0.39 is 0 Å². The monoisotopic (exact) mass is 458 g/mol. The first-order valence-electron chi connectivity index (χ1n) is 13.3. The first-order valence-corrected chi connectivity index (χ1v) is 13.3. The first-order chi connectivity index (χ1) is 16.2. The van der Waals surface area contributed by atoms with Crippen LogP contribution in [0.2, 0.25) is 5.82 Å². The summed E-state index contributed by atoms with van der Waals surface area (Å²) in [5, 5.41) is 0. The van der Waals surface area contributed by atoms with Crippen molar-refractivity contribution < 1.29 is 9.31 Å². The molecule has 4 atom stereocenters. The fraction of sp³-hybridized carbons (Fsp3) is 0.548. The van der Waals surface area contributed by atoms with E-state index in [1.54, 1.807) is 5.57 Å². The lowest BCUT2D eigenvalue weighted by atomic mass is 9.58. The summed E-state index contributed by atoms with van der Waals surface area (Å²) in [7, 11) is -0.120. The lowest BCUT2D eigenvalue weighted by molar-refractivity contribution is 0.00578. The molecule has 3 aliphatic carbocycles. The second kappa shape index (κ2) is 10.4. The standard InChI is InChI=1S/C31H43BO2/c1-7-8-10-13-23(2)24-16-18-26(19-17-24)28-20-27(25-14-11-9-12-15-25)21-29(22-28)32-33-30(3,4)31(5,6)34-32/h7-14,16,20,25-27,29H,2,15,17-19,21-22H2,1,3-6H3/b8-7-,13-10-/t25?,26-,27-,29-/m1/s1. The van der Waals surface area contributed by atoms with Crippen LogP contribution in [0.15, 0.2) is 84.1 Å². The molecule has 0 N–H and O–H groups in total. The van der Waals surface area contributed by atoms with Gasteiger partial charge in [0, 0.05) is 0 Å². The predicted octanol–water partition coefficient (Wildman–Crippen LogP) is 8.33. The van der Waals surface area contributed by atoms with Gasteiger partial charge in [-0.2, -0.15) is 0 Å². The van der Waals surface area contributed by atoms with Crippen LogP contribution in [0.1, 0.15) is 73.1 Å². The van der Waals surface area contributed by atoms with Crippen LogP contribution in [0.4, 0.5) is 0 Å². The number of hydrogen-bond donors (Lipinski definition) is 0. The van der Waals surface area contributed by atoms with Crippen molar-refractivity contribution in [1.29, 1.82) is 0 Å². The molecule has 0 amide bonds. The summed E-state index contributed by atoms with van der Waals surface area (Å²) >= 11 is 0. The van der Waals surface area contributed by atoms with Crippen LogP contribution >= 0.6 is 0 Å². The van der Waals surface area contributed by atoms with Crippen molar-refractivity contribution in [3.8, 4) is 0 Å². The molecule has 1 heterocycles. The summed E-state index contributed by atoms with van der Waals surface area (Å²) < 4.78 is 13.1. The van der Waals surface area contributed by atoms with Crippen LogP contribution < -0.4 is 0 Å². The smallest absolute Gasteiger partial charge is 0.403 e. The molecule has 0 aromatic rings. The van der Waals surface area contributed by atoms with E-state index in [2.05, 4.69) is 95.0 Å². The maximum atomic E-state index is 6.55. The highest BCUT2D eigenvalue weighted by atomic mass is 16.7. The minimum absolute atomic E-state index is 0.120. The molecule has 4 rings (SSSR count). The Hall–Kier alpha value is -1.84. The fourth-order valence-corrected chi connectivity index (χ4v) is 5.81. The number of hydrogen-bond acceptors (Lipinski definition) is 2. The highest BCUT2D eigenvalue weighted by Crippen LogP contribution is 2.49. The second-order valence-electron chi connectivity index (χ2n) is 11.6. The fourth-order valence-electron chi connectivity index (χ4n) is 5.81. The molecule has 182 valence electrons. The largest absolute Gasteiger partial charge is 0.461 e. The van der Waals surface area contributed by atoms with E-state index in [0.717, 1.165) is 37.7 Å². The van der Waals surface area contributed by atoms with Crippen LogP contribution in [0.3, 0.4) is 0 Å². The lowest BCUT2D eigenvalue weighted by Crippen LogP contribution is -2.41. The van der Waals surface area contributed by atoms with E-state index in [4.69, 9.17) is 9.31 Å². The Kier molecular flexibility index (Phi) is 7.74.